The van der Waals surface area contributed by atoms with Gasteiger partial charge in [0, 0.05) is 0 Å². The van der Waals surface area contributed by atoms with E-state index in [0.717, 1.165) is 5.56 Å². The molecule has 1 aromatic rings. The van der Waals surface area contributed by atoms with Gasteiger partial charge in [-0.25, -0.2) is 0 Å². The zero-order valence-electron chi connectivity index (χ0n) is 7.65. The van der Waals surface area contributed by atoms with Crippen molar-refractivity contribution in [3.05, 3.63) is 35.4 Å². The second-order valence-corrected chi connectivity index (χ2v) is 3.05. The van der Waals surface area contributed by atoms with Crippen molar-refractivity contribution in [3.63, 3.8) is 0 Å². The molecule has 0 saturated heterocycles. The van der Waals surface area contributed by atoms with E-state index < -0.39 is 17.8 Å². The van der Waals surface area contributed by atoms with E-state index in [9.17, 15) is 9.59 Å². The Morgan fingerprint density at radius 3 is 2.14 bits per heavy atom. The molecular formula is C10H10NO3. The molecule has 4 nitrogen and oxygen atoms in total. The molecule has 1 amide bonds. The van der Waals surface area contributed by atoms with Gasteiger partial charge in [-0.2, -0.15) is 0 Å². The Labute approximate surface area is 81.3 Å². The summed E-state index contributed by atoms with van der Waals surface area (Å²) in [6, 6.07) is 6.55. The Balaban J connectivity index is 3.06. The molecule has 1 aromatic carbocycles. The second-order valence-electron chi connectivity index (χ2n) is 3.05. The first-order valence-electron chi connectivity index (χ1n) is 4.07. The van der Waals surface area contributed by atoms with Crippen LogP contribution in [0.15, 0.2) is 24.3 Å². The normalized spacial score (nSPS) is 12.1. The summed E-state index contributed by atoms with van der Waals surface area (Å²) in [6.45, 7) is 1.86. The van der Waals surface area contributed by atoms with Crippen LogP contribution in [0.25, 0.3) is 0 Å². The van der Waals surface area contributed by atoms with Gasteiger partial charge in [-0.3, -0.25) is 15.3 Å². The standard InChI is InChI=1S/C10H10NO3/c1-6-2-4-7(5-3-6)8(9(11)12)10(13)14/h2-5,8,11H,1H3,(H,13,14). The zero-order chi connectivity index (χ0) is 10.7. The number of aliphatic carboxylic acids is 1. The van der Waals surface area contributed by atoms with Crippen LogP contribution in [-0.2, 0) is 9.59 Å². The van der Waals surface area contributed by atoms with Crippen LogP contribution in [0.4, 0.5) is 0 Å². The van der Waals surface area contributed by atoms with E-state index in [1.807, 2.05) is 6.92 Å². The van der Waals surface area contributed by atoms with E-state index >= 15 is 0 Å². The van der Waals surface area contributed by atoms with Gasteiger partial charge in [0.2, 0.25) is 0 Å². The van der Waals surface area contributed by atoms with Gasteiger partial charge in [-0.15, -0.1) is 0 Å². The van der Waals surface area contributed by atoms with Gasteiger partial charge < -0.3 is 5.11 Å². The Morgan fingerprint density at radius 2 is 1.79 bits per heavy atom. The molecule has 1 radical (unpaired) electrons. The number of amides is 1. The summed E-state index contributed by atoms with van der Waals surface area (Å²) >= 11 is 0. The summed E-state index contributed by atoms with van der Waals surface area (Å²) in [5.41, 5.74) is 8.17. The molecule has 0 aliphatic rings. The molecule has 1 unspecified atom stereocenters. The van der Waals surface area contributed by atoms with Crippen LogP contribution in [0.2, 0.25) is 0 Å². The summed E-state index contributed by atoms with van der Waals surface area (Å²) in [7, 11) is 0. The molecule has 0 saturated carbocycles. The van der Waals surface area contributed by atoms with Gasteiger partial charge in [-0.05, 0) is 12.5 Å². The van der Waals surface area contributed by atoms with E-state index in [0.29, 0.717) is 5.56 Å². The lowest BCUT2D eigenvalue weighted by Crippen LogP contribution is -2.22. The highest BCUT2D eigenvalue weighted by molar-refractivity contribution is 6.01. The predicted octanol–water partition coefficient (Wildman–Crippen LogP) is 0.973. The molecule has 0 spiro atoms. The van der Waals surface area contributed by atoms with Crippen LogP contribution >= 0.6 is 0 Å². The average Bonchev–Trinajstić information content (AvgIpc) is 2.07. The fourth-order valence-corrected chi connectivity index (χ4v) is 1.17. The molecule has 0 aliphatic heterocycles. The summed E-state index contributed by atoms with van der Waals surface area (Å²) in [6.07, 6.45) is 0. The number of nitrogens with one attached hydrogen (secondary N) is 1. The molecule has 1 rings (SSSR count). The Bertz CT molecular complexity index is 342. The third kappa shape index (κ3) is 2.10. The molecule has 0 fully saturated rings. The first-order chi connectivity index (χ1) is 6.52. The van der Waals surface area contributed by atoms with Crippen molar-refractivity contribution in [2.45, 2.75) is 12.8 Å². The zero-order valence-corrected chi connectivity index (χ0v) is 7.65. The van der Waals surface area contributed by atoms with E-state index in [-0.39, 0.29) is 0 Å². The topological polar surface area (TPSA) is 78.2 Å². The quantitative estimate of drug-likeness (QED) is 0.725. The highest BCUT2D eigenvalue weighted by atomic mass is 16.4. The van der Waals surface area contributed by atoms with Gasteiger partial charge in [0.05, 0.1) is 0 Å². The summed E-state index contributed by atoms with van der Waals surface area (Å²) in [5, 5.41) is 8.73. The number of carboxylic acid groups (broad SMARTS) is 1. The van der Waals surface area contributed by atoms with Gasteiger partial charge in [0.25, 0.3) is 5.91 Å². The molecule has 14 heavy (non-hydrogen) atoms. The monoisotopic (exact) mass is 192 g/mol. The molecule has 2 N–H and O–H groups in total. The minimum atomic E-state index is -1.37. The molecule has 0 aliphatic carbocycles. The third-order valence-corrected chi connectivity index (χ3v) is 1.92. The number of aryl methyl sites for hydroxylation is 1. The Kier molecular flexibility index (Phi) is 2.86. The number of carbonyl (C=O) groups is 2. The number of rotatable bonds is 3. The molecule has 0 heterocycles. The average molecular weight is 192 g/mol. The van der Waals surface area contributed by atoms with Crippen LogP contribution in [0.3, 0.4) is 0 Å². The van der Waals surface area contributed by atoms with Gasteiger partial charge >= 0.3 is 5.97 Å². The molecule has 0 bridgehead atoms. The lowest BCUT2D eigenvalue weighted by molar-refractivity contribution is -0.142. The lowest BCUT2D eigenvalue weighted by atomic mass is 9.98. The van der Waals surface area contributed by atoms with Gasteiger partial charge in [-0.1, -0.05) is 29.8 Å². The minimum Gasteiger partial charge on any atom is -0.480 e. The van der Waals surface area contributed by atoms with Crippen molar-refractivity contribution in [2.24, 2.45) is 0 Å². The highest BCUT2D eigenvalue weighted by Gasteiger charge is 2.26. The van der Waals surface area contributed by atoms with Crippen LogP contribution in [0, 0.1) is 6.92 Å². The van der Waals surface area contributed by atoms with Crippen LogP contribution < -0.4 is 5.73 Å². The van der Waals surface area contributed by atoms with Crippen molar-refractivity contribution >= 4 is 11.9 Å². The van der Waals surface area contributed by atoms with Crippen molar-refractivity contribution < 1.29 is 14.7 Å². The number of carboxylic acids is 1. The highest BCUT2D eigenvalue weighted by Crippen LogP contribution is 2.16. The van der Waals surface area contributed by atoms with Crippen molar-refractivity contribution in [1.29, 1.82) is 0 Å². The Morgan fingerprint density at radius 1 is 1.29 bits per heavy atom. The van der Waals surface area contributed by atoms with Crippen LogP contribution in [0.5, 0.6) is 0 Å². The van der Waals surface area contributed by atoms with E-state index in [4.69, 9.17) is 10.8 Å². The number of hydrogen-bond donors (Lipinski definition) is 1. The summed E-state index contributed by atoms with van der Waals surface area (Å²) in [4.78, 5) is 21.4. The second kappa shape index (κ2) is 3.91. The number of carbonyl (C=O) groups excluding carboxylic acids is 1. The predicted molar refractivity (Wildman–Crippen MR) is 49.7 cm³/mol. The number of benzene rings is 1. The molecule has 73 valence electrons. The largest absolute Gasteiger partial charge is 0.480 e. The van der Waals surface area contributed by atoms with Crippen molar-refractivity contribution in [1.82, 2.24) is 5.73 Å². The molecular weight excluding hydrogens is 182 g/mol. The fraction of sp³-hybridized carbons (Fsp3) is 0.200. The Hall–Kier alpha value is -1.84. The van der Waals surface area contributed by atoms with Gasteiger partial charge in [0.15, 0.2) is 5.92 Å². The van der Waals surface area contributed by atoms with E-state index in [1.165, 1.54) is 0 Å². The summed E-state index contributed by atoms with van der Waals surface area (Å²) in [5.74, 6) is -3.74. The van der Waals surface area contributed by atoms with E-state index in [1.54, 1.807) is 24.3 Å². The minimum absolute atomic E-state index is 0.350. The lowest BCUT2D eigenvalue weighted by Gasteiger charge is -2.07. The fourth-order valence-electron chi connectivity index (χ4n) is 1.17. The smallest absolute Gasteiger partial charge is 0.320 e. The SMILES string of the molecule is Cc1ccc(C(C([NH])=O)C(=O)O)cc1. The third-order valence-electron chi connectivity index (χ3n) is 1.92. The maximum atomic E-state index is 10.8. The van der Waals surface area contributed by atoms with E-state index in [2.05, 4.69) is 0 Å². The maximum Gasteiger partial charge on any atom is 0.320 e. The first kappa shape index (κ1) is 10.2. The molecule has 0 aromatic heterocycles. The van der Waals surface area contributed by atoms with Crippen LogP contribution in [0.1, 0.15) is 17.0 Å². The molecule has 1 atom stereocenters. The maximum absolute atomic E-state index is 10.8. The molecule has 4 heteroatoms. The summed E-state index contributed by atoms with van der Waals surface area (Å²) < 4.78 is 0. The van der Waals surface area contributed by atoms with Gasteiger partial charge in [0.1, 0.15) is 0 Å². The number of hydrogen-bond acceptors (Lipinski definition) is 2. The van der Waals surface area contributed by atoms with Crippen molar-refractivity contribution in [3.8, 4) is 0 Å². The van der Waals surface area contributed by atoms with Crippen molar-refractivity contribution in [2.75, 3.05) is 0 Å². The first-order valence-corrected chi connectivity index (χ1v) is 4.07. The van der Waals surface area contributed by atoms with Crippen LogP contribution in [-0.4, -0.2) is 17.0 Å².